The number of likely N-dealkylation sites (N-methyl/N-ethyl adjacent to an activating group) is 2. The quantitative estimate of drug-likeness (QED) is 0.787. The molecule has 0 amide bonds. The van der Waals surface area contributed by atoms with Crippen LogP contribution >= 0.6 is 0 Å². The normalized spacial score (nSPS) is 29.0. The lowest BCUT2D eigenvalue weighted by atomic mass is 9.86. The third kappa shape index (κ3) is 5.22. The molecule has 0 radical (unpaired) electrons. The van der Waals surface area contributed by atoms with Gasteiger partial charge in [-0.2, -0.15) is 0 Å². The summed E-state index contributed by atoms with van der Waals surface area (Å²) in [6, 6.07) is 1.38. The lowest BCUT2D eigenvalue weighted by Crippen LogP contribution is -2.55. The van der Waals surface area contributed by atoms with Gasteiger partial charge in [-0.3, -0.25) is 0 Å². The van der Waals surface area contributed by atoms with E-state index in [9.17, 15) is 0 Å². The lowest BCUT2D eigenvalue weighted by molar-refractivity contribution is 0.136. The van der Waals surface area contributed by atoms with E-state index < -0.39 is 0 Å². The molecule has 2 atom stereocenters. The molecule has 1 aliphatic carbocycles. The number of nitrogens with zero attached hydrogens (tertiary/aromatic N) is 2. The molecule has 2 aliphatic rings. The summed E-state index contributed by atoms with van der Waals surface area (Å²) in [5.41, 5.74) is 0. The Bertz CT molecular complexity index is 274. The van der Waals surface area contributed by atoms with Crippen LogP contribution in [0.1, 0.15) is 58.3 Å². The fourth-order valence-corrected chi connectivity index (χ4v) is 4.29. The van der Waals surface area contributed by atoms with Crippen LogP contribution in [0.3, 0.4) is 0 Å². The van der Waals surface area contributed by atoms with Gasteiger partial charge in [0.25, 0.3) is 0 Å². The third-order valence-corrected chi connectivity index (χ3v) is 5.57. The van der Waals surface area contributed by atoms with Crippen molar-refractivity contribution in [1.82, 2.24) is 15.1 Å². The maximum Gasteiger partial charge on any atom is 0.0376 e. The van der Waals surface area contributed by atoms with Gasteiger partial charge in [0.15, 0.2) is 0 Å². The van der Waals surface area contributed by atoms with Crippen molar-refractivity contribution in [2.45, 2.75) is 70.4 Å². The Hall–Kier alpha value is -0.120. The lowest BCUT2D eigenvalue weighted by Gasteiger charge is -2.39. The zero-order chi connectivity index (χ0) is 15.1. The minimum atomic E-state index is 0.687. The van der Waals surface area contributed by atoms with Gasteiger partial charge in [0.05, 0.1) is 0 Å². The molecule has 0 aromatic rings. The fraction of sp³-hybridized carbons (Fsp3) is 1.00. The molecule has 1 saturated carbocycles. The summed E-state index contributed by atoms with van der Waals surface area (Å²) in [6.07, 6.45) is 11.2. The van der Waals surface area contributed by atoms with E-state index in [1.54, 1.807) is 0 Å². The second-order valence-electron chi connectivity index (χ2n) is 7.40. The van der Waals surface area contributed by atoms with Crippen LogP contribution in [-0.2, 0) is 0 Å². The zero-order valence-electron chi connectivity index (χ0n) is 14.6. The van der Waals surface area contributed by atoms with Gasteiger partial charge in [0, 0.05) is 18.6 Å². The third-order valence-electron chi connectivity index (χ3n) is 5.57. The molecule has 0 aromatic heterocycles. The minimum absolute atomic E-state index is 0.687. The van der Waals surface area contributed by atoms with Gasteiger partial charge in [0.2, 0.25) is 0 Å². The van der Waals surface area contributed by atoms with Crippen LogP contribution in [-0.4, -0.2) is 62.2 Å². The van der Waals surface area contributed by atoms with E-state index in [0.717, 1.165) is 5.92 Å². The van der Waals surface area contributed by atoms with E-state index in [0.29, 0.717) is 12.1 Å². The van der Waals surface area contributed by atoms with Crippen LogP contribution in [0, 0.1) is 5.92 Å². The number of nitrogens with one attached hydrogen (secondary N) is 1. The van der Waals surface area contributed by atoms with E-state index in [1.165, 1.54) is 77.5 Å². The molecule has 0 aromatic carbocycles. The Balaban J connectivity index is 2.07. The zero-order valence-corrected chi connectivity index (χ0v) is 14.6. The highest BCUT2D eigenvalue weighted by molar-refractivity contribution is 4.92. The average Bonchev–Trinajstić information content (AvgIpc) is 2.82. The van der Waals surface area contributed by atoms with E-state index in [-0.39, 0.29) is 0 Å². The maximum atomic E-state index is 3.95. The van der Waals surface area contributed by atoms with Gasteiger partial charge in [-0.25, -0.2) is 0 Å². The molecule has 3 heteroatoms. The molecule has 0 spiro atoms. The molecule has 1 heterocycles. The van der Waals surface area contributed by atoms with Gasteiger partial charge in [-0.1, -0.05) is 32.6 Å². The van der Waals surface area contributed by atoms with Crippen molar-refractivity contribution in [3.8, 4) is 0 Å². The Kier molecular flexibility index (Phi) is 7.48. The molecule has 2 fully saturated rings. The summed E-state index contributed by atoms with van der Waals surface area (Å²) in [4.78, 5) is 5.19. The molecule has 2 rings (SSSR count). The van der Waals surface area contributed by atoms with Crippen molar-refractivity contribution in [2.75, 3.05) is 40.3 Å². The highest BCUT2D eigenvalue weighted by atomic mass is 15.2. The molecule has 3 nitrogen and oxygen atoms in total. The SMILES string of the molecule is CCCNC(C1CCCCCC1)C1CN(C)CCCN1C. The maximum absolute atomic E-state index is 3.95. The van der Waals surface area contributed by atoms with E-state index in [1.807, 2.05) is 0 Å². The van der Waals surface area contributed by atoms with Crippen molar-refractivity contribution < 1.29 is 0 Å². The molecular weight excluding hydrogens is 258 g/mol. The molecular formula is C18H37N3. The van der Waals surface area contributed by atoms with E-state index in [2.05, 4.69) is 36.1 Å². The Morgan fingerprint density at radius 2 is 1.71 bits per heavy atom. The monoisotopic (exact) mass is 295 g/mol. The number of hydrogen-bond acceptors (Lipinski definition) is 3. The summed E-state index contributed by atoms with van der Waals surface area (Å²) >= 11 is 0. The summed E-state index contributed by atoms with van der Waals surface area (Å²) in [5, 5.41) is 3.95. The van der Waals surface area contributed by atoms with Gasteiger partial charge >= 0.3 is 0 Å². The first kappa shape index (κ1) is 17.2. The Morgan fingerprint density at radius 1 is 1.00 bits per heavy atom. The Labute approximate surface area is 132 Å². The standard InChI is InChI=1S/C18H37N3/c1-4-12-19-18(16-10-7-5-6-8-11-16)17-15-20(2)13-9-14-21(17)3/h16-19H,4-15H2,1-3H3. The van der Waals surface area contributed by atoms with Crippen molar-refractivity contribution >= 4 is 0 Å². The van der Waals surface area contributed by atoms with E-state index in [4.69, 9.17) is 0 Å². The second-order valence-corrected chi connectivity index (χ2v) is 7.40. The first-order chi connectivity index (χ1) is 10.2. The predicted molar refractivity (Wildman–Crippen MR) is 91.8 cm³/mol. The highest BCUT2D eigenvalue weighted by Gasteiger charge is 2.33. The van der Waals surface area contributed by atoms with Crippen LogP contribution in [0.25, 0.3) is 0 Å². The van der Waals surface area contributed by atoms with Crippen molar-refractivity contribution in [3.63, 3.8) is 0 Å². The van der Waals surface area contributed by atoms with Crippen LogP contribution in [0.5, 0.6) is 0 Å². The Morgan fingerprint density at radius 3 is 2.38 bits per heavy atom. The smallest absolute Gasteiger partial charge is 0.0376 e. The molecule has 2 unspecified atom stereocenters. The fourth-order valence-electron chi connectivity index (χ4n) is 4.29. The summed E-state index contributed by atoms with van der Waals surface area (Å²) < 4.78 is 0. The van der Waals surface area contributed by atoms with Crippen molar-refractivity contribution in [2.24, 2.45) is 5.92 Å². The van der Waals surface area contributed by atoms with Crippen LogP contribution < -0.4 is 5.32 Å². The molecule has 1 N–H and O–H groups in total. The van der Waals surface area contributed by atoms with Crippen molar-refractivity contribution in [1.29, 1.82) is 0 Å². The number of rotatable bonds is 5. The van der Waals surface area contributed by atoms with E-state index >= 15 is 0 Å². The van der Waals surface area contributed by atoms with Gasteiger partial charge < -0.3 is 15.1 Å². The summed E-state index contributed by atoms with van der Waals surface area (Å²) in [7, 11) is 4.65. The predicted octanol–water partition coefficient (Wildman–Crippen LogP) is 2.96. The van der Waals surface area contributed by atoms with Gasteiger partial charge in [-0.15, -0.1) is 0 Å². The first-order valence-corrected chi connectivity index (χ1v) is 9.34. The summed E-state index contributed by atoms with van der Waals surface area (Å²) in [5.74, 6) is 0.887. The van der Waals surface area contributed by atoms with Gasteiger partial charge in [-0.05, 0) is 65.3 Å². The number of hydrogen-bond donors (Lipinski definition) is 1. The molecule has 21 heavy (non-hydrogen) atoms. The van der Waals surface area contributed by atoms with Crippen molar-refractivity contribution in [3.05, 3.63) is 0 Å². The minimum Gasteiger partial charge on any atom is -0.312 e. The molecule has 0 bridgehead atoms. The van der Waals surface area contributed by atoms with Crippen LogP contribution in [0.15, 0.2) is 0 Å². The second kappa shape index (κ2) is 9.12. The molecule has 1 saturated heterocycles. The topological polar surface area (TPSA) is 18.5 Å². The largest absolute Gasteiger partial charge is 0.312 e. The summed E-state index contributed by atoms with van der Waals surface area (Å²) in [6.45, 7) is 7.21. The van der Waals surface area contributed by atoms with Crippen LogP contribution in [0.2, 0.25) is 0 Å². The molecule has 1 aliphatic heterocycles. The molecule has 124 valence electrons. The van der Waals surface area contributed by atoms with Crippen LogP contribution in [0.4, 0.5) is 0 Å². The van der Waals surface area contributed by atoms with Gasteiger partial charge in [0.1, 0.15) is 0 Å². The average molecular weight is 296 g/mol. The first-order valence-electron chi connectivity index (χ1n) is 9.34. The highest BCUT2D eigenvalue weighted by Crippen LogP contribution is 2.29.